The van der Waals surface area contributed by atoms with Gasteiger partial charge in [0.05, 0.1) is 6.20 Å². The molecule has 0 radical (unpaired) electrons. The molecule has 1 aromatic carbocycles. The highest BCUT2D eigenvalue weighted by molar-refractivity contribution is 9.11. The third-order valence-electron chi connectivity index (χ3n) is 2.48. The number of phenolic OH excluding ortho intramolecular Hbond substituents is 1. The number of aromatic nitrogens is 2. The van der Waals surface area contributed by atoms with E-state index in [9.17, 15) is 9.90 Å². The van der Waals surface area contributed by atoms with E-state index in [0.29, 0.717) is 26.2 Å². The van der Waals surface area contributed by atoms with E-state index in [-0.39, 0.29) is 11.7 Å². The third kappa shape index (κ3) is 3.10. The molecule has 0 aliphatic heterocycles. The molecule has 2 aromatic rings. The van der Waals surface area contributed by atoms with Crippen molar-refractivity contribution in [1.29, 1.82) is 0 Å². The molecule has 0 unspecified atom stereocenters. The molecule has 98 valence electrons. The minimum atomic E-state index is -0.356. The van der Waals surface area contributed by atoms with Gasteiger partial charge in [-0.1, -0.05) is 6.07 Å². The summed E-state index contributed by atoms with van der Waals surface area (Å²) >= 11 is 6.39. The van der Waals surface area contributed by atoms with Crippen molar-refractivity contribution in [3.63, 3.8) is 0 Å². The molecule has 1 aromatic heterocycles. The molecule has 0 fully saturated rings. The summed E-state index contributed by atoms with van der Waals surface area (Å²) in [6.07, 6.45) is 1.48. The van der Waals surface area contributed by atoms with Crippen molar-refractivity contribution in [2.75, 3.05) is 5.32 Å². The lowest BCUT2D eigenvalue weighted by molar-refractivity contribution is 0.102. The van der Waals surface area contributed by atoms with Gasteiger partial charge in [0, 0.05) is 11.1 Å². The van der Waals surface area contributed by atoms with Crippen LogP contribution < -0.4 is 5.32 Å². The Morgan fingerprint density at radius 2 is 2.11 bits per heavy atom. The SMILES string of the molecule is Cc1c(O)cccc1C(=O)Nc1ncc(Br)nc1Br. The summed E-state index contributed by atoms with van der Waals surface area (Å²) in [5.74, 6) is 0.0373. The number of nitrogens with one attached hydrogen (secondary N) is 1. The zero-order valence-electron chi connectivity index (χ0n) is 9.82. The number of carbonyl (C=O) groups excluding carboxylic acids is 1. The van der Waals surface area contributed by atoms with Gasteiger partial charge >= 0.3 is 0 Å². The molecule has 0 atom stereocenters. The van der Waals surface area contributed by atoms with Crippen LogP contribution in [-0.2, 0) is 0 Å². The van der Waals surface area contributed by atoms with E-state index in [4.69, 9.17) is 0 Å². The standard InChI is InChI=1S/C12H9Br2N3O2/c1-6-7(3-2-4-8(6)18)12(19)17-11-10(14)16-9(13)5-15-11/h2-5,18H,1H3,(H,15,17,19). The minimum absolute atomic E-state index is 0.0774. The molecule has 19 heavy (non-hydrogen) atoms. The van der Waals surface area contributed by atoms with Crippen molar-refractivity contribution in [3.05, 3.63) is 44.7 Å². The van der Waals surface area contributed by atoms with Gasteiger partial charge in [0.15, 0.2) is 5.82 Å². The van der Waals surface area contributed by atoms with Crippen LogP contribution in [0.4, 0.5) is 5.82 Å². The van der Waals surface area contributed by atoms with Gasteiger partial charge in [0.25, 0.3) is 5.91 Å². The lowest BCUT2D eigenvalue weighted by Gasteiger charge is -2.09. The Morgan fingerprint density at radius 3 is 2.79 bits per heavy atom. The Balaban J connectivity index is 2.28. The van der Waals surface area contributed by atoms with Crippen LogP contribution in [0.15, 0.2) is 33.6 Å². The van der Waals surface area contributed by atoms with Gasteiger partial charge in [0.2, 0.25) is 0 Å². The fraction of sp³-hybridized carbons (Fsp3) is 0.0833. The summed E-state index contributed by atoms with van der Waals surface area (Å²) in [5.41, 5.74) is 0.901. The van der Waals surface area contributed by atoms with Crippen LogP contribution in [0.1, 0.15) is 15.9 Å². The molecule has 2 rings (SSSR count). The number of amides is 1. The van der Waals surface area contributed by atoms with Crippen molar-refractivity contribution >= 4 is 43.6 Å². The molecule has 5 nitrogen and oxygen atoms in total. The van der Waals surface area contributed by atoms with Crippen LogP contribution in [0, 0.1) is 6.92 Å². The number of halogens is 2. The number of hydrogen-bond donors (Lipinski definition) is 2. The van der Waals surface area contributed by atoms with Crippen LogP contribution in [0.5, 0.6) is 5.75 Å². The summed E-state index contributed by atoms with van der Waals surface area (Å²) in [6.45, 7) is 1.67. The van der Waals surface area contributed by atoms with Gasteiger partial charge in [-0.05, 0) is 50.9 Å². The number of anilines is 1. The van der Waals surface area contributed by atoms with Crippen molar-refractivity contribution in [2.24, 2.45) is 0 Å². The van der Waals surface area contributed by atoms with Crippen molar-refractivity contribution in [3.8, 4) is 5.75 Å². The number of hydrogen-bond acceptors (Lipinski definition) is 4. The van der Waals surface area contributed by atoms with E-state index < -0.39 is 0 Å². The summed E-state index contributed by atoms with van der Waals surface area (Å²) < 4.78 is 0.985. The van der Waals surface area contributed by atoms with Crippen molar-refractivity contribution in [1.82, 2.24) is 9.97 Å². The van der Waals surface area contributed by atoms with E-state index in [1.54, 1.807) is 19.1 Å². The summed E-state index contributed by atoms with van der Waals surface area (Å²) in [7, 11) is 0. The quantitative estimate of drug-likeness (QED) is 0.830. The second kappa shape index (κ2) is 5.66. The first kappa shape index (κ1) is 14.0. The number of benzene rings is 1. The highest BCUT2D eigenvalue weighted by Crippen LogP contribution is 2.23. The van der Waals surface area contributed by atoms with Crippen molar-refractivity contribution < 1.29 is 9.90 Å². The molecular weight excluding hydrogens is 378 g/mol. The molecule has 0 saturated heterocycles. The van der Waals surface area contributed by atoms with Crippen LogP contribution in [0.3, 0.4) is 0 Å². The fourth-order valence-electron chi connectivity index (χ4n) is 1.47. The van der Waals surface area contributed by atoms with Crippen molar-refractivity contribution in [2.45, 2.75) is 6.92 Å². The topological polar surface area (TPSA) is 75.1 Å². The predicted octanol–water partition coefficient (Wildman–Crippen LogP) is 3.27. The van der Waals surface area contributed by atoms with Gasteiger partial charge in [-0.25, -0.2) is 9.97 Å². The summed E-state index contributed by atoms with van der Waals surface area (Å²) in [6, 6.07) is 4.77. The normalized spacial score (nSPS) is 10.3. The molecule has 1 amide bonds. The highest BCUT2D eigenvalue weighted by Gasteiger charge is 2.14. The Hall–Kier alpha value is -1.47. The monoisotopic (exact) mass is 385 g/mol. The van der Waals surface area contributed by atoms with E-state index in [2.05, 4.69) is 47.1 Å². The minimum Gasteiger partial charge on any atom is -0.508 e. The molecule has 0 spiro atoms. The molecule has 7 heteroatoms. The Bertz CT molecular complexity index is 647. The average molecular weight is 387 g/mol. The fourth-order valence-corrected chi connectivity index (χ4v) is 2.39. The average Bonchev–Trinajstić information content (AvgIpc) is 2.36. The van der Waals surface area contributed by atoms with Gasteiger partial charge in [-0.3, -0.25) is 4.79 Å². The van der Waals surface area contributed by atoms with Crippen LogP contribution in [-0.4, -0.2) is 21.0 Å². The van der Waals surface area contributed by atoms with Gasteiger partial charge in [-0.15, -0.1) is 0 Å². The number of rotatable bonds is 2. The first-order chi connectivity index (χ1) is 8.99. The smallest absolute Gasteiger partial charge is 0.257 e. The maximum absolute atomic E-state index is 12.1. The Kier molecular flexibility index (Phi) is 4.16. The predicted molar refractivity (Wildman–Crippen MR) is 78.2 cm³/mol. The van der Waals surface area contributed by atoms with E-state index >= 15 is 0 Å². The Labute approximate surface area is 126 Å². The van der Waals surface area contributed by atoms with Crippen LogP contribution in [0.25, 0.3) is 0 Å². The van der Waals surface area contributed by atoms with Crippen LogP contribution in [0.2, 0.25) is 0 Å². The van der Waals surface area contributed by atoms with Gasteiger partial charge in [0.1, 0.15) is 15.0 Å². The van der Waals surface area contributed by atoms with Gasteiger partial charge in [-0.2, -0.15) is 0 Å². The first-order valence-corrected chi connectivity index (χ1v) is 6.85. The first-order valence-electron chi connectivity index (χ1n) is 5.27. The lowest BCUT2D eigenvalue weighted by atomic mass is 10.1. The molecule has 0 saturated carbocycles. The number of phenols is 1. The number of nitrogens with zero attached hydrogens (tertiary/aromatic N) is 2. The van der Waals surface area contributed by atoms with Crippen LogP contribution >= 0.6 is 31.9 Å². The largest absolute Gasteiger partial charge is 0.508 e. The van der Waals surface area contributed by atoms with E-state index in [0.717, 1.165) is 0 Å². The summed E-state index contributed by atoms with van der Waals surface area (Å²) in [5, 5.41) is 12.2. The molecular formula is C12H9Br2N3O2. The third-order valence-corrected chi connectivity index (χ3v) is 3.42. The second-order valence-electron chi connectivity index (χ2n) is 3.74. The maximum Gasteiger partial charge on any atom is 0.257 e. The Morgan fingerprint density at radius 1 is 1.37 bits per heavy atom. The van der Waals surface area contributed by atoms with Gasteiger partial charge < -0.3 is 10.4 Å². The molecule has 2 N–H and O–H groups in total. The van der Waals surface area contributed by atoms with E-state index in [1.165, 1.54) is 12.3 Å². The summed E-state index contributed by atoms with van der Waals surface area (Å²) in [4.78, 5) is 20.2. The van der Waals surface area contributed by atoms with E-state index in [1.807, 2.05) is 0 Å². The number of aromatic hydroxyl groups is 1. The second-order valence-corrected chi connectivity index (χ2v) is 5.30. The highest BCUT2D eigenvalue weighted by atomic mass is 79.9. The lowest BCUT2D eigenvalue weighted by Crippen LogP contribution is -2.15. The zero-order valence-corrected chi connectivity index (χ0v) is 13.0. The molecule has 0 aliphatic carbocycles. The molecule has 1 heterocycles. The number of carbonyl (C=O) groups is 1. The molecule has 0 aliphatic rings. The molecule has 0 bridgehead atoms. The zero-order chi connectivity index (χ0) is 14.0. The maximum atomic E-state index is 12.1.